The van der Waals surface area contributed by atoms with Crippen LogP contribution in [0.15, 0.2) is 48.9 Å². The molecule has 0 radical (unpaired) electrons. The second-order valence-corrected chi connectivity index (χ2v) is 5.13. The minimum Gasteiger partial charge on any atom is -0.378 e. The van der Waals surface area contributed by atoms with E-state index in [0.29, 0.717) is 0 Å². The van der Waals surface area contributed by atoms with Crippen LogP contribution in [0.25, 0.3) is 5.69 Å². The average Bonchev–Trinajstić information content (AvgIpc) is 3.09. The van der Waals surface area contributed by atoms with E-state index in [9.17, 15) is 10.1 Å². The topological polar surface area (TPSA) is 125 Å². The maximum Gasteiger partial charge on any atom is 0.329 e. The van der Waals surface area contributed by atoms with Crippen molar-refractivity contribution in [1.29, 1.82) is 0 Å². The molecule has 0 aliphatic rings. The average molecular weight is 325 g/mol. The van der Waals surface area contributed by atoms with E-state index in [1.165, 1.54) is 0 Å². The van der Waals surface area contributed by atoms with Crippen LogP contribution in [0.3, 0.4) is 0 Å². The molecule has 3 rings (SSSR count). The first-order valence-electron chi connectivity index (χ1n) is 7.18. The molecule has 0 unspecified atom stereocenters. The highest BCUT2D eigenvalue weighted by Gasteiger charge is 2.15. The van der Waals surface area contributed by atoms with Crippen LogP contribution in [0, 0.1) is 10.1 Å². The highest BCUT2D eigenvalue weighted by molar-refractivity contribution is 5.53. The van der Waals surface area contributed by atoms with E-state index in [-0.39, 0.29) is 23.5 Å². The van der Waals surface area contributed by atoms with Crippen molar-refractivity contribution in [3.8, 4) is 5.69 Å². The van der Waals surface area contributed by atoms with Gasteiger partial charge in [-0.3, -0.25) is 10.1 Å². The summed E-state index contributed by atoms with van der Waals surface area (Å²) < 4.78 is 1.76. The Morgan fingerprint density at radius 3 is 2.88 bits per heavy atom. The number of nitrogens with two attached hydrogens (primary N) is 1. The number of nitrogen functional groups attached to an aromatic ring is 1. The lowest BCUT2D eigenvalue weighted by Gasteiger charge is -2.15. The maximum absolute atomic E-state index is 10.7. The van der Waals surface area contributed by atoms with Crippen LogP contribution in [0.4, 0.5) is 17.5 Å². The Morgan fingerprint density at radius 1 is 1.38 bits per heavy atom. The van der Waals surface area contributed by atoms with E-state index in [1.807, 2.05) is 43.5 Å². The number of benzene rings is 1. The predicted octanol–water partition coefficient (Wildman–Crippen LogP) is 2.33. The number of hydrogen-bond donors (Lipinski definition) is 2. The van der Waals surface area contributed by atoms with Crippen molar-refractivity contribution in [1.82, 2.24) is 19.7 Å². The fourth-order valence-electron chi connectivity index (χ4n) is 2.23. The Balaban J connectivity index is 1.80. The summed E-state index contributed by atoms with van der Waals surface area (Å²) in [5, 5.41) is 18.0. The standard InChI is InChI=1S/C15H15N7O2/c1-10(19-15-17-9-13(22(23)24)14(16)20-15)11-4-2-5-12(8-11)21-7-3-6-18-21/h2-10H,1H3,(H3,16,17,19,20)/t10-/m0/s1. The van der Waals surface area contributed by atoms with E-state index in [0.717, 1.165) is 17.4 Å². The van der Waals surface area contributed by atoms with Crippen molar-refractivity contribution in [2.24, 2.45) is 0 Å². The molecular formula is C15H15N7O2. The lowest BCUT2D eigenvalue weighted by Crippen LogP contribution is -2.11. The molecule has 3 N–H and O–H groups in total. The summed E-state index contributed by atoms with van der Waals surface area (Å²) in [6, 6.07) is 9.54. The molecule has 2 heterocycles. The molecule has 24 heavy (non-hydrogen) atoms. The van der Waals surface area contributed by atoms with E-state index in [1.54, 1.807) is 10.9 Å². The van der Waals surface area contributed by atoms with Crippen LogP contribution in [0.1, 0.15) is 18.5 Å². The summed E-state index contributed by atoms with van der Waals surface area (Å²) in [5.74, 6) is 0.0603. The van der Waals surface area contributed by atoms with Crippen molar-refractivity contribution >= 4 is 17.5 Å². The van der Waals surface area contributed by atoms with Gasteiger partial charge in [0.2, 0.25) is 11.8 Å². The van der Waals surface area contributed by atoms with Crippen LogP contribution in [-0.2, 0) is 0 Å². The van der Waals surface area contributed by atoms with Gasteiger partial charge in [-0.05, 0) is 30.7 Å². The Labute approximate surface area is 137 Å². The lowest BCUT2D eigenvalue weighted by atomic mass is 10.1. The zero-order valence-corrected chi connectivity index (χ0v) is 12.8. The summed E-state index contributed by atoms with van der Waals surface area (Å²) in [5.41, 5.74) is 7.18. The van der Waals surface area contributed by atoms with Gasteiger partial charge in [0, 0.05) is 12.4 Å². The van der Waals surface area contributed by atoms with Crippen molar-refractivity contribution < 1.29 is 4.92 Å². The molecule has 0 amide bonds. The fourth-order valence-corrected chi connectivity index (χ4v) is 2.23. The smallest absolute Gasteiger partial charge is 0.329 e. The molecule has 9 nitrogen and oxygen atoms in total. The maximum atomic E-state index is 10.7. The Bertz CT molecular complexity index is 864. The van der Waals surface area contributed by atoms with Crippen LogP contribution in [0.5, 0.6) is 0 Å². The predicted molar refractivity (Wildman–Crippen MR) is 88.7 cm³/mol. The molecule has 3 aromatic rings. The molecule has 0 aliphatic carbocycles. The SMILES string of the molecule is C[C@H](Nc1ncc([N+](=O)[O-])c(N)n1)c1cccc(-n2cccn2)c1. The third-order valence-electron chi connectivity index (χ3n) is 3.48. The monoisotopic (exact) mass is 325 g/mol. The van der Waals surface area contributed by atoms with Crippen LogP contribution >= 0.6 is 0 Å². The van der Waals surface area contributed by atoms with Gasteiger partial charge in [0.25, 0.3) is 0 Å². The van der Waals surface area contributed by atoms with Crippen molar-refractivity contribution in [3.63, 3.8) is 0 Å². The number of nitro groups is 1. The largest absolute Gasteiger partial charge is 0.378 e. The first-order chi connectivity index (χ1) is 11.5. The normalized spacial score (nSPS) is 11.9. The fraction of sp³-hybridized carbons (Fsp3) is 0.133. The number of rotatable bonds is 5. The van der Waals surface area contributed by atoms with E-state index in [2.05, 4.69) is 20.4 Å². The molecule has 0 saturated carbocycles. The van der Waals surface area contributed by atoms with Gasteiger partial charge in [-0.1, -0.05) is 12.1 Å². The number of hydrogen-bond acceptors (Lipinski definition) is 7. The second-order valence-electron chi connectivity index (χ2n) is 5.13. The van der Waals surface area contributed by atoms with Crippen molar-refractivity contribution in [2.45, 2.75) is 13.0 Å². The van der Waals surface area contributed by atoms with E-state index >= 15 is 0 Å². The van der Waals surface area contributed by atoms with Gasteiger partial charge in [-0.25, -0.2) is 9.67 Å². The van der Waals surface area contributed by atoms with Crippen molar-refractivity contribution in [2.75, 3.05) is 11.1 Å². The molecule has 0 spiro atoms. The Hall–Kier alpha value is -3.49. The number of aromatic nitrogens is 4. The van der Waals surface area contributed by atoms with Crippen molar-refractivity contribution in [3.05, 3.63) is 64.6 Å². The summed E-state index contributed by atoms with van der Waals surface area (Å²) >= 11 is 0. The third kappa shape index (κ3) is 3.14. The van der Waals surface area contributed by atoms with E-state index < -0.39 is 4.92 Å². The summed E-state index contributed by atoms with van der Waals surface area (Å²) in [6.07, 6.45) is 4.66. The molecule has 1 atom stereocenters. The van der Waals surface area contributed by atoms with Gasteiger partial charge in [-0.2, -0.15) is 10.1 Å². The molecule has 9 heteroatoms. The molecule has 0 aliphatic heterocycles. The minimum absolute atomic E-state index is 0.124. The molecule has 122 valence electrons. The zero-order chi connectivity index (χ0) is 17.1. The molecular weight excluding hydrogens is 310 g/mol. The highest BCUT2D eigenvalue weighted by Crippen LogP contribution is 2.22. The quantitative estimate of drug-likeness (QED) is 0.544. The second kappa shape index (κ2) is 6.32. The van der Waals surface area contributed by atoms with Gasteiger partial charge in [0.05, 0.1) is 16.7 Å². The van der Waals surface area contributed by atoms with Crippen LogP contribution in [-0.4, -0.2) is 24.7 Å². The van der Waals surface area contributed by atoms with Gasteiger partial charge in [0.1, 0.15) is 6.20 Å². The Kier molecular flexibility index (Phi) is 4.06. The third-order valence-corrected chi connectivity index (χ3v) is 3.48. The molecule has 1 aromatic carbocycles. The lowest BCUT2D eigenvalue weighted by molar-refractivity contribution is -0.384. The zero-order valence-electron chi connectivity index (χ0n) is 12.8. The molecule has 0 fully saturated rings. The van der Waals surface area contributed by atoms with Gasteiger partial charge in [0.15, 0.2) is 0 Å². The highest BCUT2D eigenvalue weighted by atomic mass is 16.6. The summed E-state index contributed by atoms with van der Waals surface area (Å²) in [6.45, 7) is 1.93. The first-order valence-corrected chi connectivity index (χ1v) is 7.18. The van der Waals surface area contributed by atoms with Gasteiger partial charge in [-0.15, -0.1) is 0 Å². The van der Waals surface area contributed by atoms with Gasteiger partial charge < -0.3 is 11.1 Å². The summed E-state index contributed by atoms with van der Waals surface area (Å²) in [4.78, 5) is 18.0. The first kappa shape index (κ1) is 15.4. The molecule has 0 saturated heterocycles. The molecule has 0 bridgehead atoms. The van der Waals surface area contributed by atoms with Gasteiger partial charge >= 0.3 is 5.69 Å². The van der Waals surface area contributed by atoms with Crippen LogP contribution < -0.4 is 11.1 Å². The molecule has 2 aromatic heterocycles. The van der Waals surface area contributed by atoms with E-state index in [4.69, 9.17) is 5.73 Å². The van der Waals surface area contributed by atoms with Crippen LogP contribution in [0.2, 0.25) is 0 Å². The Morgan fingerprint density at radius 2 is 2.21 bits per heavy atom. The summed E-state index contributed by atoms with van der Waals surface area (Å²) in [7, 11) is 0. The number of nitrogens with zero attached hydrogens (tertiary/aromatic N) is 5. The minimum atomic E-state index is -0.615. The number of nitrogens with one attached hydrogen (secondary N) is 1. The number of anilines is 2.